The van der Waals surface area contributed by atoms with Gasteiger partial charge in [0.2, 0.25) is 11.8 Å². The van der Waals surface area contributed by atoms with Gasteiger partial charge in [-0.1, -0.05) is 29.3 Å². The largest absolute Gasteiger partial charge is 0.359 e. The van der Waals surface area contributed by atoms with E-state index in [0.29, 0.717) is 15.7 Å². The third kappa shape index (κ3) is 2.40. The first-order valence-electron chi connectivity index (χ1n) is 8.23. The van der Waals surface area contributed by atoms with Crippen LogP contribution in [0.1, 0.15) is 23.3 Å². The SMILES string of the molecule is CNC(=O)[C@@H]1[C@H](C)N[C@@]2(C(=O)Nc3cc(Cl)ccc32)[C@H]1c1cc(Cl)cs1. The normalized spacial score (nSPS) is 29.7. The van der Waals surface area contributed by atoms with Gasteiger partial charge in [-0.3, -0.25) is 14.9 Å². The molecule has 4 atom stereocenters. The summed E-state index contributed by atoms with van der Waals surface area (Å²) in [5, 5.41) is 12.1. The molecule has 8 heteroatoms. The average molecular weight is 410 g/mol. The number of rotatable bonds is 2. The molecule has 5 nitrogen and oxygen atoms in total. The predicted molar refractivity (Wildman–Crippen MR) is 104 cm³/mol. The van der Waals surface area contributed by atoms with Crippen molar-refractivity contribution in [3.8, 4) is 0 Å². The number of halogens is 2. The second-order valence-electron chi connectivity index (χ2n) is 6.67. The fraction of sp³-hybridized carbons (Fsp3) is 0.333. The van der Waals surface area contributed by atoms with Crippen LogP contribution in [0.4, 0.5) is 5.69 Å². The van der Waals surface area contributed by atoms with E-state index in [4.69, 9.17) is 23.2 Å². The van der Waals surface area contributed by atoms with Crippen LogP contribution in [-0.4, -0.2) is 24.9 Å². The molecule has 0 saturated carbocycles. The van der Waals surface area contributed by atoms with E-state index in [0.717, 1.165) is 10.4 Å². The van der Waals surface area contributed by atoms with Crippen molar-refractivity contribution in [3.05, 3.63) is 50.1 Å². The number of anilines is 1. The fourth-order valence-corrected chi connectivity index (χ4v) is 5.75. The highest BCUT2D eigenvalue weighted by molar-refractivity contribution is 7.10. The third-order valence-corrected chi connectivity index (χ3v) is 6.87. The minimum atomic E-state index is -1.04. The van der Waals surface area contributed by atoms with Crippen LogP contribution in [0.2, 0.25) is 10.0 Å². The van der Waals surface area contributed by atoms with Crippen LogP contribution in [0.15, 0.2) is 29.6 Å². The van der Waals surface area contributed by atoms with E-state index in [2.05, 4.69) is 16.0 Å². The van der Waals surface area contributed by atoms with Crippen LogP contribution in [0.25, 0.3) is 0 Å². The Hall–Kier alpha value is -1.60. The van der Waals surface area contributed by atoms with E-state index in [-0.39, 0.29) is 23.8 Å². The smallest absolute Gasteiger partial charge is 0.250 e. The fourth-order valence-electron chi connectivity index (χ4n) is 4.28. The van der Waals surface area contributed by atoms with E-state index < -0.39 is 11.5 Å². The summed E-state index contributed by atoms with van der Waals surface area (Å²) >= 11 is 13.7. The Morgan fingerprint density at radius 2 is 2.04 bits per heavy atom. The summed E-state index contributed by atoms with van der Waals surface area (Å²) in [4.78, 5) is 26.8. The molecule has 1 fully saturated rings. The summed E-state index contributed by atoms with van der Waals surface area (Å²) in [7, 11) is 1.61. The van der Waals surface area contributed by atoms with Crippen LogP contribution >= 0.6 is 34.5 Å². The minimum Gasteiger partial charge on any atom is -0.359 e. The van der Waals surface area contributed by atoms with Crippen molar-refractivity contribution >= 4 is 52.0 Å². The van der Waals surface area contributed by atoms with Gasteiger partial charge in [0.25, 0.3) is 0 Å². The summed E-state index contributed by atoms with van der Waals surface area (Å²) < 4.78 is 0. The zero-order valence-corrected chi connectivity index (χ0v) is 16.4. The second kappa shape index (κ2) is 6.23. The number of fused-ring (bicyclic) bond motifs is 2. The van der Waals surface area contributed by atoms with Crippen LogP contribution in [0.5, 0.6) is 0 Å². The molecular weight excluding hydrogens is 393 g/mol. The monoisotopic (exact) mass is 409 g/mol. The van der Waals surface area contributed by atoms with E-state index in [1.807, 2.05) is 24.4 Å². The van der Waals surface area contributed by atoms with Gasteiger partial charge in [0, 0.05) is 45.5 Å². The lowest BCUT2D eigenvalue weighted by molar-refractivity contribution is -0.125. The molecule has 4 rings (SSSR count). The van der Waals surface area contributed by atoms with Crippen LogP contribution in [0.3, 0.4) is 0 Å². The van der Waals surface area contributed by atoms with Crippen molar-refractivity contribution in [3.63, 3.8) is 0 Å². The van der Waals surface area contributed by atoms with Gasteiger partial charge in [0.1, 0.15) is 5.54 Å². The van der Waals surface area contributed by atoms with E-state index >= 15 is 0 Å². The van der Waals surface area contributed by atoms with E-state index in [1.165, 1.54) is 11.3 Å². The lowest BCUT2D eigenvalue weighted by atomic mass is 9.74. The second-order valence-corrected chi connectivity index (χ2v) is 8.49. The topological polar surface area (TPSA) is 70.2 Å². The quantitative estimate of drug-likeness (QED) is 0.711. The number of hydrogen-bond acceptors (Lipinski definition) is 4. The lowest BCUT2D eigenvalue weighted by Crippen LogP contribution is -2.48. The maximum atomic E-state index is 13.2. The van der Waals surface area contributed by atoms with Crippen LogP contribution in [-0.2, 0) is 15.1 Å². The summed E-state index contributed by atoms with van der Waals surface area (Å²) in [6.07, 6.45) is 0. The van der Waals surface area contributed by atoms with Gasteiger partial charge in [-0.25, -0.2) is 0 Å². The molecule has 2 aliphatic rings. The number of carbonyl (C=O) groups excluding carboxylic acids is 2. The molecule has 0 radical (unpaired) electrons. The molecular formula is C18H17Cl2N3O2S. The lowest BCUT2D eigenvalue weighted by Gasteiger charge is -2.31. The van der Waals surface area contributed by atoms with E-state index in [1.54, 1.807) is 19.2 Å². The van der Waals surface area contributed by atoms with Gasteiger partial charge in [0.05, 0.1) is 10.9 Å². The Morgan fingerprint density at radius 3 is 2.69 bits per heavy atom. The molecule has 2 amide bonds. The number of nitrogens with one attached hydrogen (secondary N) is 3. The Kier molecular flexibility index (Phi) is 4.27. The van der Waals surface area contributed by atoms with Crippen molar-refractivity contribution in [1.29, 1.82) is 0 Å². The van der Waals surface area contributed by atoms with Crippen molar-refractivity contribution in [2.75, 3.05) is 12.4 Å². The molecule has 0 unspecified atom stereocenters. The van der Waals surface area contributed by atoms with Gasteiger partial charge in [0.15, 0.2) is 0 Å². The Bertz CT molecular complexity index is 916. The number of amides is 2. The molecule has 26 heavy (non-hydrogen) atoms. The average Bonchev–Trinajstić information content (AvgIpc) is 3.22. The summed E-state index contributed by atoms with van der Waals surface area (Å²) in [5.41, 5.74) is 0.442. The predicted octanol–water partition coefficient (Wildman–Crippen LogP) is 3.34. The molecule has 1 aromatic heterocycles. The van der Waals surface area contributed by atoms with Crippen molar-refractivity contribution in [2.24, 2.45) is 5.92 Å². The first-order chi connectivity index (χ1) is 12.4. The number of hydrogen-bond donors (Lipinski definition) is 3. The van der Waals surface area contributed by atoms with Crippen molar-refractivity contribution in [2.45, 2.75) is 24.4 Å². The highest BCUT2D eigenvalue weighted by atomic mass is 35.5. The van der Waals surface area contributed by atoms with E-state index in [9.17, 15) is 9.59 Å². The van der Waals surface area contributed by atoms with Gasteiger partial charge in [-0.15, -0.1) is 11.3 Å². The van der Waals surface area contributed by atoms with Gasteiger partial charge >= 0.3 is 0 Å². The number of benzene rings is 1. The molecule has 1 saturated heterocycles. The third-order valence-electron chi connectivity index (χ3n) is 5.28. The zero-order chi connectivity index (χ0) is 18.6. The molecule has 0 aliphatic carbocycles. The van der Waals surface area contributed by atoms with Crippen molar-refractivity contribution in [1.82, 2.24) is 10.6 Å². The maximum Gasteiger partial charge on any atom is 0.250 e. The molecule has 1 spiro atoms. The van der Waals surface area contributed by atoms with Gasteiger partial charge in [-0.2, -0.15) is 0 Å². The Morgan fingerprint density at radius 1 is 1.27 bits per heavy atom. The summed E-state index contributed by atoms with van der Waals surface area (Å²) in [6, 6.07) is 6.99. The highest BCUT2D eigenvalue weighted by Gasteiger charge is 2.63. The molecule has 0 bridgehead atoms. The number of carbonyl (C=O) groups is 2. The maximum absolute atomic E-state index is 13.2. The van der Waals surface area contributed by atoms with Crippen molar-refractivity contribution < 1.29 is 9.59 Å². The minimum absolute atomic E-state index is 0.105. The zero-order valence-electron chi connectivity index (χ0n) is 14.1. The summed E-state index contributed by atoms with van der Waals surface area (Å²) in [5.74, 6) is -1.08. The first-order valence-corrected chi connectivity index (χ1v) is 9.86. The standard InChI is InChI=1S/C18H17Cl2N3O2S/c1-8-14(16(24)21-2)15(13-6-10(20)7-26-13)18(23-8)11-4-3-9(19)5-12(11)22-17(18)25/h3-8,14-15,23H,1-2H3,(H,21,24)(H,22,25)/t8-,14+,15-,18+/m0/s1. The Labute approximate surface area is 165 Å². The summed E-state index contributed by atoms with van der Waals surface area (Å²) in [6.45, 7) is 1.93. The molecule has 2 aliphatic heterocycles. The number of thiophene rings is 1. The molecule has 2 aromatic rings. The molecule has 136 valence electrons. The first kappa shape index (κ1) is 17.8. The molecule has 3 N–H and O–H groups in total. The van der Waals surface area contributed by atoms with Gasteiger partial charge < -0.3 is 10.6 Å². The van der Waals surface area contributed by atoms with Crippen LogP contribution in [0, 0.1) is 5.92 Å². The van der Waals surface area contributed by atoms with Gasteiger partial charge in [-0.05, 0) is 25.1 Å². The molecule has 1 aromatic carbocycles. The molecule has 3 heterocycles. The Balaban J connectivity index is 1.95. The highest BCUT2D eigenvalue weighted by Crippen LogP contribution is 2.55. The van der Waals surface area contributed by atoms with Crippen LogP contribution < -0.4 is 16.0 Å².